The van der Waals surface area contributed by atoms with E-state index in [1.165, 1.54) is 0 Å². The summed E-state index contributed by atoms with van der Waals surface area (Å²) in [4.78, 5) is 10.1. The van der Waals surface area contributed by atoms with E-state index in [2.05, 4.69) is 0 Å². The fourth-order valence-electron chi connectivity index (χ4n) is 1.61. The van der Waals surface area contributed by atoms with Gasteiger partial charge in [0.25, 0.3) is 0 Å². The molecule has 1 saturated heterocycles. The molecule has 0 radical (unpaired) electrons. The van der Waals surface area contributed by atoms with E-state index in [1.807, 2.05) is 11.4 Å². The van der Waals surface area contributed by atoms with Crippen molar-refractivity contribution in [1.82, 2.24) is 0 Å². The first-order valence-electron chi connectivity index (χ1n) is 5.56. The van der Waals surface area contributed by atoms with Crippen molar-refractivity contribution in [3.8, 4) is 0 Å². The lowest BCUT2D eigenvalue weighted by Crippen LogP contribution is -2.89. The summed E-state index contributed by atoms with van der Waals surface area (Å²) in [5.41, 5.74) is 0.525. The lowest BCUT2D eigenvalue weighted by atomic mass is 9.81. The molecule has 0 saturated carbocycles. The molecule has 1 aliphatic heterocycles. The van der Waals surface area contributed by atoms with E-state index >= 15 is 0 Å². The molecule has 1 heterocycles. The Balaban J connectivity index is 0.000000171. The van der Waals surface area contributed by atoms with Crippen LogP contribution in [0, 0.1) is 0 Å². The van der Waals surface area contributed by atoms with Crippen LogP contribution in [0.1, 0.15) is 12.8 Å². The average molecular weight is 237 g/mol. The Labute approximate surface area is 100 Å². The van der Waals surface area contributed by atoms with Gasteiger partial charge in [0.05, 0.1) is 12.5 Å². The molecule has 0 bridgehead atoms. The van der Waals surface area contributed by atoms with E-state index in [-0.39, 0.29) is 6.04 Å². The molecular weight excluding hydrogens is 221 g/mol. The van der Waals surface area contributed by atoms with Crippen LogP contribution in [0.2, 0.25) is 0 Å². The van der Waals surface area contributed by atoms with Crippen molar-refractivity contribution in [2.45, 2.75) is 18.9 Å². The fraction of sp³-hybridized carbons (Fsp3) is 0.364. The number of carbonyl (C=O) groups excluding carboxylic acids is 1. The van der Waals surface area contributed by atoms with Gasteiger partial charge in [-0.3, -0.25) is 0 Å². The number of benzene rings is 1. The van der Waals surface area contributed by atoms with Crippen LogP contribution in [0.3, 0.4) is 0 Å². The summed E-state index contributed by atoms with van der Waals surface area (Å²) in [6.45, 7) is 0.943. The Bertz CT molecular complexity index is 339. The molecule has 0 aliphatic carbocycles. The highest BCUT2D eigenvalue weighted by atomic mass is 16.4. The molecule has 0 unspecified atom stereocenters. The summed E-state index contributed by atoms with van der Waals surface area (Å²) >= 11 is 0. The predicted octanol–water partition coefficient (Wildman–Crippen LogP) is -3.17. The van der Waals surface area contributed by atoms with E-state index < -0.39 is 13.1 Å². The topological polar surface area (TPSA) is 97.2 Å². The molecule has 1 aromatic rings. The molecule has 4 N–H and O–H groups in total. The molecule has 1 fully saturated rings. The van der Waals surface area contributed by atoms with Crippen molar-refractivity contribution in [3.05, 3.63) is 30.3 Å². The number of nitrogens with two attached hydrogens (primary N) is 1. The first-order chi connectivity index (χ1) is 8.11. The van der Waals surface area contributed by atoms with Gasteiger partial charge >= 0.3 is 7.12 Å². The first-order valence-corrected chi connectivity index (χ1v) is 5.56. The molecule has 1 aromatic carbocycles. The molecule has 1 aliphatic rings. The van der Waals surface area contributed by atoms with Crippen LogP contribution in [0.15, 0.2) is 30.3 Å². The average Bonchev–Trinajstić information content (AvgIpc) is 2.84. The third kappa shape index (κ3) is 4.99. The minimum Gasteiger partial charge on any atom is -0.544 e. The van der Waals surface area contributed by atoms with E-state index in [9.17, 15) is 9.90 Å². The molecule has 1 atom stereocenters. The maximum atomic E-state index is 10.1. The van der Waals surface area contributed by atoms with Gasteiger partial charge in [-0.05, 0) is 5.46 Å². The van der Waals surface area contributed by atoms with Gasteiger partial charge in [0, 0.05) is 12.8 Å². The number of aliphatic carboxylic acids is 1. The monoisotopic (exact) mass is 237 g/mol. The van der Waals surface area contributed by atoms with Gasteiger partial charge in [0.2, 0.25) is 0 Å². The Morgan fingerprint density at radius 3 is 2.29 bits per heavy atom. The van der Waals surface area contributed by atoms with Crippen LogP contribution in [-0.4, -0.2) is 35.7 Å². The highest BCUT2D eigenvalue weighted by molar-refractivity contribution is 6.58. The van der Waals surface area contributed by atoms with Gasteiger partial charge in [-0.1, -0.05) is 30.3 Å². The molecule has 17 heavy (non-hydrogen) atoms. The van der Waals surface area contributed by atoms with Crippen LogP contribution in [-0.2, 0) is 4.79 Å². The lowest BCUT2D eigenvalue weighted by molar-refractivity contribution is -0.664. The predicted molar refractivity (Wildman–Crippen MR) is 61.1 cm³/mol. The van der Waals surface area contributed by atoms with Crippen LogP contribution in [0.25, 0.3) is 0 Å². The molecule has 5 nitrogen and oxygen atoms in total. The summed E-state index contributed by atoms with van der Waals surface area (Å²) in [7, 11) is -1.34. The molecule has 6 heteroatoms. The largest absolute Gasteiger partial charge is 0.544 e. The van der Waals surface area contributed by atoms with Gasteiger partial charge < -0.3 is 25.3 Å². The maximum absolute atomic E-state index is 10.1. The fourth-order valence-corrected chi connectivity index (χ4v) is 1.61. The minimum atomic E-state index is -1.34. The second-order valence-corrected chi connectivity index (χ2v) is 3.88. The third-order valence-electron chi connectivity index (χ3n) is 2.57. The zero-order valence-electron chi connectivity index (χ0n) is 9.45. The van der Waals surface area contributed by atoms with Crippen LogP contribution >= 0.6 is 0 Å². The van der Waals surface area contributed by atoms with Crippen molar-refractivity contribution in [2.24, 2.45) is 0 Å². The highest BCUT2D eigenvalue weighted by Gasteiger charge is 2.18. The molecular formula is C11H16BNO4. The maximum Gasteiger partial charge on any atom is 0.488 e. The van der Waals surface area contributed by atoms with Crippen molar-refractivity contribution in [1.29, 1.82) is 0 Å². The first kappa shape index (κ1) is 13.7. The van der Waals surface area contributed by atoms with Crippen molar-refractivity contribution < 1.29 is 25.3 Å². The number of hydrogen-bond acceptors (Lipinski definition) is 4. The summed E-state index contributed by atoms with van der Waals surface area (Å²) in [5.74, 6) is -0.914. The van der Waals surface area contributed by atoms with Crippen LogP contribution in [0.5, 0.6) is 0 Å². The lowest BCUT2D eigenvalue weighted by Gasteiger charge is -2.05. The number of quaternary nitrogens is 1. The Morgan fingerprint density at radius 1 is 1.35 bits per heavy atom. The van der Waals surface area contributed by atoms with Crippen molar-refractivity contribution in [2.75, 3.05) is 6.54 Å². The van der Waals surface area contributed by atoms with Crippen LogP contribution in [0.4, 0.5) is 0 Å². The zero-order valence-corrected chi connectivity index (χ0v) is 9.45. The van der Waals surface area contributed by atoms with E-state index in [0.29, 0.717) is 5.46 Å². The molecule has 92 valence electrons. The summed E-state index contributed by atoms with van der Waals surface area (Å²) < 4.78 is 0. The number of carboxylic acid groups (broad SMARTS) is 1. The standard InChI is InChI=1S/C6H7BO2.C5H9NO2/c8-7(9)6-4-2-1-3-5-6;7-5(8)4-2-1-3-6-4/h1-5,8-9H;4,6H,1-3H2,(H,7,8)/t;4-/m.0/s1. The summed E-state index contributed by atoms with van der Waals surface area (Å²) in [5, 5.41) is 29.0. The second kappa shape index (κ2) is 7.06. The quantitative estimate of drug-likeness (QED) is 0.472. The normalized spacial score (nSPS) is 18.1. The molecule has 0 amide bonds. The van der Waals surface area contributed by atoms with E-state index in [4.69, 9.17) is 10.0 Å². The molecule has 0 spiro atoms. The van der Waals surface area contributed by atoms with Gasteiger partial charge in [-0.15, -0.1) is 0 Å². The van der Waals surface area contributed by atoms with Gasteiger partial charge in [0.15, 0.2) is 0 Å². The van der Waals surface area contributed by atoms with Crippen LogP contribution < -0.4 is 15.9 Å². The number of carboxylic acids is 1. The Kier molecular flexibility index (Phi) is 5.69. The molecule has 2 rings (SSSR count). The smallest absolute Gasteiger partial charge is 0.488 e. The Hall–Kier alpha value is -1.37. The second-order valence-electron chi connectivity index (χ2n) is 3.88. The van der Waals surface area contributed by atoms with Crippen molar-refractivity contribution in [3.63, 3.8) is 0 Å². The third-order valence-corrected chi connectivity index (χ3v) is 2.57. The van der Waals surface area contributed by atoms with Gasteiger partial charge in [-0.2, -0.15) is 0 Å². The summed E-state index contributed by atoms with van der Waals surface area (Å²) in [6.07, 6.45) is 1.79. The SMILES string of the molecule is O=C([O-])[C@@H]1CCC[NH2+]1.OB(O)c1ccccc1. The van der Waals surface area contributed by atoms with E-state index in [0.717, 1.165) is 19.4 Å². The van der Waals surface area contributed by atoms with Gasteiger partial charge in [-0.25, -0.2) is 0 Å². The molecule has 0 aromatic heterocycles. The number of hydrogen-bond donors (Lipinski definition) is 3. The number of rotatable bonds is 2. The van der Waals surface area contributed by atoms with E-state index in [1.54, 1.807) is 24.3 Å². The Morgan fingerprint density at radius 2 is 2.00 bits per heavy atom. The van der Waals surface area contributed by atoms with Crippen molar-refractivity contribution >= 4 is 18.6 Å². The van der Waals surface area contributed by atoms with Gasteiger partial charge in [0.1, 0.15) is 6.04 Å². The number of carbonyl (C=O) groups is 1. The zero-order chi connectivity index (χ0) is 12.7. The summed E-state index contributed by atoms with van der Waals surface area (Å²) in [6, 6.07) is 8.40. The minimum absolute atomic E-state index is 0.255. The highest BCUT2D eigenvalue weighted by Crippen LogP contribution is 1.94.